The van der Waals surface area contributed by atoms with Gasteiger partial charge in [-0.15, -0.1) is 0 Å². The van der Waals surface area contributed by atoms with Crippen molar-refractivity contribution in [2.45, 2.75) is 49.9 Å². The lowest BCUT2D eigenvalue weighted by atomic mass is 9.96. The summed E-state index contributed by atoms with van der Waals surface area (Å²) < 4.78 is 33.6. The second kappa shape index (κ2) is 9.44. The van der Waals surface area contributed by atoms with Gasteiger partial charge in [-0.2, -0.15) is 0 Å². The lowest BCUT2D eigenvalue weighted by Crippen LogP contribution is -2.47. The summed E-state index contributed by atoms with van der Waals surface area (Å²) in [6, 6.07) is 12.3. The minimum atomic E-state index is -1.38. The number of aromatic amines is 1. The Bertz CT molecular complexity index is 1290. The molecule has 3 aromatic rings. The minimum absolute atomic E-state index is 0.00476. The molecule has 2 fully saturated rings. The largest absolute Gasteiger partial charge is 0.438 e. The van der Waals surface area contributed by atoms with Crippen LogP contribution in [0.25, 0.3) is 0 Å². The Morgan fingerprint density at radius 3 is 2.60 bits per heavy atom. The van der Waals surface area contributed by atoms with Crippen molar-refractivity contribution in [2.75, 3.05) is 6.54 Å². The molecule has 1 saturated carbocycles. The number of aromatic nitrogens is 2. The van der Waals surface area contributed by atoms with Crippen LogP contribution in [0.2, 0.25) is 0 Å². The number of alkyl halides is 1. The maximum absolute atomic E-state index is 14.8. The molecule has 182 valence electrons. The van der Waals surface area contributed by atoms with Crippen LogP contribution >= 0.6 is 0 Å². The van der Waals surface area contributed by atoms with Crippen molar-refractivity contribution in [2.24, 2.45) is 0 Å². The summed E-state index contributed by atoms with van der Waals surface area (Å²) in [7, 11) is 0. The van der Waals surface area contributed by atoms with Crippen molar-refractivity contribution in [3.63, 3.8) is 0 Å². The maximum atomic E-state index is 14.8. The highest BCUT2D eigenvalue weighted by Crippen LogP contribution is 2.42. The Balaban J connectivity index is 1.38. The molecule has 10 heteroatoms. The Morgan fingerprint density at radius 1 is 1.17 bits per heavy atom. The van der Waals surface area contributed by atoms with E-state index in [4.69, 9.17) is 0 Å². The number of carbonyl (C=O) groups excluding carboxylic acids is 2. The van der Waals surface area contributed by atoms with Gasteiger partial charge in [-0.25, -0.2) is 13.6 Å². The van der Waals surface area contributed by atoms with Crippen LogP contribution in [0.1, 0.15) is 53.7 Å². The summed E-state index contributed by atoms with van der Waals surface area (Å²) in [5.41, 5.74) is 1.96. The molecule has 0 unspecified atom stereocenters. The Morgan fingerprint density at radius 2 is 1.94 bits per heavy atom. The molecule has 2 amide bonds. The zero-order valence-corrected chi connectivity index (χ0v) is 18.7. The van der Waals surface area contributed by atoms with Crippen LogP contribution in [0.4, 0.5) is 8.78 Å². The van der Waals surface area contributed by atoms with Gasteiger partial charge in [0.25, 0.3) is 0 Å². The third-order valence-corrected chi connectivity index (χ3v) is 6.47. The van der Waals surface area contributed by atoms with Crippen LogP contribution in [-0.4, -0.2) is 45.6 Å². The van der Waals surface area contributed by atoms with Gasteiger partial charge in [-0.05, 0) is 41.5 Å². The van der Waals surface area contributed by atoms with Crippen molar-refractivity contribution >= 4 is 11.8 Å². The average molecular weight is 482 g/mol. The van der Waals surface area contributed by atoms with E-state index in [1.807, 2.05) is 30.3 Å². The maximum Gasteiger partial charge on any atom is 0.438 e. The summed E-state index contributed by atoms with van der Waals surface area (Å²) in [5, 5.41) is 6.35. The van der Waals surface area contributed by atoms with Crippen LogP contribution in [0.15, 0.2) is 57.8 Å². The van der Waals surface area contributed by atoms with Gasteiger partial charge >= 0.3 is 5.76 Å². The second-order valence-electron chi connectivity index (χ2n) is 9.02. The van der Waals surface area contributed by atoms with Crippen molar-refractivity contribution in [1.82, 2.24) is 20.4 Å². The lowest BCUT2D eigenvalue weighted by molar-refractivity contribution is -0.138. The predicted octanol–water partition coefficient (Wildman–Crippen LogP) is 2.77. The third kappa shape index (κ3) is 5.01. The molecule has 2 N–H and O–H groups in total. The highest BCUT2D eigenvalue weighted by Gasteiger charge is 2.40. The summed E-state index contributed by atoms with van der Waals surface area (Å²) in [6.45, 7) is -0.250. The van der Waals surface area contributed by atoms with Crippen LogP contribution in [0, 0.1) is 5.82 Å². The number of H-pyrrole nitrogens is 1. The summed E-state index contributed by atoms with van der Waals surface area (Å²) in [4.78, 5) is 40.7. The molecular formula is C25H24F2N4O4. The monoisotopic (exact) mass is 482 g/mol. The van der Waals surface area contributed by atoms with Gasteiger partial charge in [0.1, 0.15) is 18.0 Å². The fraction of sp³-hybridized carbons (Fsp3) is 0.360. The second-order valence-corrected chi connectivity index (χ2v) is 9.02. The number of nitrogens with one attached hydrogen (secondary N) is 2. The van der Waals surface area contributed by atoms with Crippen LogP contribution in [0.5, 0.6) is 0 Å². The fourth-order valence-corrected chi connectivity index (χ4v) is 4.58. The van der Waals surface area contributed by atoms with Gasteiger partial charge in [0, 0.05) is 6.42 Å². The zero-order chi connectivity index (χ0) is 24.5. The Kier molecular flexibility index (Phi) is 6.19. The van der Waals surface area contributed by atoms with E-state index in [1.165, 1.54) is 6.07 Å². The predicted molar refractivity (Wildman–Crippen MR) is 121 cm³/mol. The highest BCUT2D eigenvalue weighted by atomic mass is 19.1. The molecule has 1 aliphatic carbocycles. The number of hydrogen-bond acceptors (Lipinski definition) is 5. The van der Waals surface area contributed by atoms with E-state index in [9.17, 15) is 23.2 Å². The lowest BCUT2D eigenvalue weighted by Gasteiger charge is -2.27. The first-order valence-corrected chi connectivity index (χ1v) is 11.5. The molecule has 1 aliphatic heterocycles. The first-order valence-electron chi connectivity index (χ1n) is 11.5. The molecule has 1 saturated heterocycles. The van der Waals surface area contributed by atoms with E-state index < -0.39 is 35.8 Å². The molecule has 3 atom stereocenters. The molecule has 1 aromatic heterocycles. The summed E-state index contributed by atoms with van der Waals surface area (Å²) in [5.74, 6) is -2.00. The highest BCUT2D eigenvalue weighted by molar-refractivity contribution is 5.89. The molecule has 0 radical (unpaired) electrons. The van der Waals surface area contributed by atoms with Crippen LogP contribution in [0.3, 0.4) is 0 Å². The molecule has 0 bridgehead atoms. The normalized spacial score (nSPS) is 20.6. The molecule has 35 heavy (non-hydrogen) atoms. The topological polar surface area (TPSA) is 108 Å². The first-order chi connectivity index (χ1) is 16.9. The van der Waals surface area contributed by atoms with E-state index in [1.54, 1.807) is 12.1 Å². The van der Waals surface area contributed by atoms with Crippen molar-refractivity contribution in [3.8, 4) is 0 Å². The Hall–Kier alpha value is -3.82. The number of benzene rings is 2. The molecule has 5 rings (SSSR count). The van der Waals surface area contributed by atoms with Gasteiger partial charge < -0.3 is 10.2 Å². The quantitative estimate of drug-likeness (QED) is 0.539. The van der Waals surface area contributed by atoms with E-state index in [2.05, 4.69) is 20.0 Å². The third-order valence-electron chi connectivity index (χ3n) is 6.47. The SMILES string of the molecule is O=C(N[C@@H](c1ccccc1)c1ccc(C2CC2)c(F)c1)[C@@H]1C[C@@H](F)CN1C(=O)Cc1noc(=O)[nH]1. The number of nitrogens with zero attached hydrogens (tertiary/aromatic N) is 2. The number of hydrogen-bond donors (Lipinski definition) is 2. The van der Waals surface area contributed by atoms with Crippen LogP contribution in [-0.2, 0) is 16.0 Å². The number of carbonyl (C=O) groups is 2. The number of rotatable bonds is 7. The van der Waals surface area contributed by atoms with Gasteiger partial charge in [-0.1, -0.05) is 47.6 Å². The average Bonchev–Trinajstić information content (AvgIpc) is 3.49. The number of likely N-dealkylation sites (tertiary alicyclic amines) is 1. The van der Waals surface area contributed by atoms with Crippen LogP contribution < -0.4 is 11.1 Å². The first kappa shape index (κ1) is 22.9. The molecular weight excluding hydrogens is 458 g/mol. The van der Waals surface area contributed by atoms with E-state index in [-0.39, 0.29) is 36.9 Å². The van der Waals surface area contributed by atoms with Gasteiger partial charge in [-0.3, -0.25) is 19.1 Å². The van der Waals surface area contributed by atoms with E-state index >= 15 is 0 Å². The zero-order valence-electron chi connectivity index (χ0n) is 18.7. The standard InChI is InChI=1S/C25H24F2N4O4/c26-17-11-20(31(13-17)22(32)12-21-28-25(34)35-30-21)24(33)29-23(15-4-2-1-3-5-15)16-8-9-18(14-6-7-14)19(27)10-16/h1-5,8-10,14,17,20,23H,6-7,11-13H2,(H,29,33)(H,28,30,34)/t17-,20+,23+/m1/s1. The summed E-state index contributed by atoms with van der Waals surface area (Å²) in [6.07, 6.45) is 0.0545. The van der Waals surface area contributed by atoms with E-state index in [0.29, 0.717) is 11.1 Å². The summed E-state index contributed by atoms with van der Waals surface area (Å²) >= 11 is 0. The minimum Gasteiger partial charge on any atom is -0.343 e. The van der Waals surface area contributed by atoms with Gasteiger partial charge in [0.05, 0.1) is 19.0 Å². The Labute approximate surface area is 199 Å². The molecule has 0 spiro atoms. The molecule has 2 aromatic carbocycles. The number of halogens is 2. The van der Waals surface area contributed by atoms with Crippen molar-refractivity contribution in [1.29, 1.82) is 0 Å². The molecule has 8 nitrogen and oxygen atoms in total. The van der Waals surface area contributed by atoms with Crippen molar-refractivity contribution in [3.05, 3.63) is 87.4 Å². The smallest absolute Gasteiger partial charge is 0.343 e. The molecule has 2 heterocycles. The molecule has 2 aliphatic rings. The van der Waals surface area contributed by atoms with Gasteiger partial charge in [0.15, 0.2) is 5.82 Å². The number of amides is 2. The van der Waals surface area contributed by atoms with E-state index in [0.717, 1.165) is 23.3 Å². The van der Waals surface area contributed by atoms with Crippen molar-refractivity contribution < 1.29 is 22.9 Å². The fourth-order valence-electron chi connectivity index (χ4n) is 4.58. The van der Waals surface area contributed by atoms with Gasteiger partial charge in [0.2, 0.25) is 11.8 Å².